The summed E-state index contributed by atoms with van der Waals surface area (Å²) in [5, 5.41) is 1.46. The molecule has 0 fully saturated rings. The standard InChI is InChI=1S/C30H44O5/c1-6-8-10-12-14-16-28(31)34-26-21-27(33-5)30(35-29(32)17-15-13-11-9-7-2)24-19-18-23(22(3)4)20-25(24)26/h18-22H,6-17H2,1-5H3. The Bertz CT molecular complexity index is 947. The molecule has 0 atom stereocenters. The van der Waals surface area contributed by atoms with E-state index in [-0.39, 0.29) is 11.9 Å². The van der Waals surface area contributed by atoms with E-state index in [2.05, 4.69) is 27.7 Å². The van der Waals surface area contributed by atoms with E-state index in [0.29, 0.717) is 41.4 Å². The van der Waals surface area contributed by atoms with Crippen LogP contribution in [0.1, 0.15) is 116 Å². The van der Waals surface area contributed by atoms with Crippen LogP contribution in [0.25, 0.3) is 10.8 Å². The first-order chi connectivity index (χ1) is 16.9. The van der Waals surface area contributed by atoms with Gasteiger partial charge < -0.3 is 14.2 Å². The van der Waals surface area contributed by atoms with Crippen LogP contribution >= 0.6 is 0 Å². The number of esters is 2. The molecule has 0 unspecified atom stereocenters. The second kappa shape index (κ2) is 15.4. The molecular formula is C30H44O5. The van der Waals surface area contributed by atoms with E-state index in [1.165, 1.54) is 32.8 Å². The van der Waals surface area contributed by atoms with Crippen LogP contribution in [0.3, 0.4) is 0 Å². The summed E-state index contributed by atoms with van der Waals surface area (Å²) in [4.78, 5) is 25.2. The smallest absolute Gasteiger partial charge is 0.311 e. The van der Waals surface area contributed by atoms with Crippen molar-refractivity contribution in [3.05, 3.63) is 29.8 Å². The third-order valence-corrected chi connectivity index (χ3v) is 6.33. The molecule has 0 bridgehead atoms. The third kappa shape index (κ3) is 9.19. The average Bonchev–Trinajstić information content (AvgIpc) is 2.84. The van der Waals surface area contributed by atoms with Crippen molar-refractivity contribution in [2.45, 2.75) is 111 Å². The van der Waals surface area contributed by atoms with Gasteiger partial charge in [-0.3, -0.25) is 9.59 Å². The van der Waals surface area contributed by atoms with Crippen molar-refractivity contribution in [3.63, 3.8) is 0 Å². The number of rotatable bonds is 16. The van der Waals surface area contributed by atoms with Crippen LogP contribution in [0.2, 0.25) is 0 Å². The fourth-order valence-electron chi connectivity index (χ4n) is 4.14. The zero-order chi connectivity index (χ0) is 25.6. The van der Waals surface area contributed by atoms with E-state index in [9.17, 15) is 9.59 Å². The fraction of sp³-hybridized carbons (Fsp3) is 0.600. The second-order valence-electron chi connectivity index (χ2n) is 9.64. The number of carbonyl (C=O) groups is 2. The van der Waals surface area contributed by atoms with Crippen LogP contribution in [-0.2, 0) is 9.59 Å². The van der Waals surface area contributed by atoms with Crippen molar-refractivity contribution in [2.75, 3.05) is 7.11 Å². The molecule has 0 spiro atoms. The van der Waals surface area contributed by atoms with Gasteiger partial charge in [0.05, 0.1) is 7.11 Å². The van der Waals surface area contributed by atoms with Crippen LogP contribution in [0, 0.1) is 0 Å². The molecule has 0 radical (unpaired) electrons. The average molecular weight is 485 g/mol. The minimum atomic E-state index is -0.272. The molecule has 2 aromatic carbocycles. The molecule has 0 aromatic heterocycles. The van der Waals surface area contributed by atoms with Crippen molar-refractivity contribution >= 4 is 22.7 Å². The predicted molar refractivity (Wildman–Crippen MR) is 143 cm³/mol. The van der Waals surface area contributed by atoms with Gasteiger partial charge >= 0.3 is 11.9 Å². The summed E-state index contributed by atoms with van der Waals surface area (Å²) in [5.74, 6) is 0.994. The summed E-state index contributed by atoms with van der Waals surface area (Å²) in [7, 11) is 1.53. The molecular weight excluding hydrogens is 440 g/mol. The molecule has 5 nitrogen and oxygen atoms in total. The maximum absolute atomic E-state index is 12.6. The van der Waals surface area contributed by atoms with Crippen LogP contribution < -0.4 is 14.2 Å². The number of hydrogen-bond donors (Lipinski definition) is 0. The van der Waals surface area contributed by atoms with Gasteiger partial charge in [0.1, 0.15) is 5.75 Å². The number of fused-ring (bicyclic) bond motifs is 1. The summed E-state index contributed by atoms with van der Waals surface area (Å²) in [5.41, 5.74) is 1.12. The lowest BCUT2D eigenvalue weighted by atomic mass is 9.98. The molecule has 194 valence electrons. The third-order valence-electron chi connectivity index (χ3n) is 6.33. The van der Waals surface area contributed by atoms with Gasteiger partial charge in [-0.1, -0.05) is 91.2 Å². The normalized spacial score (nSPS) is 11.1. The lowest BCUT2D eigenvalue weighted by Gasteiger charge is -2.17. The van der Waals surface area contributed by atoms with Gasteiger partial charge in [0.2, 0.25) is 0 Å². The second-order valence-corrected chi connectivity index (χ2v) is 9.64. The van der Waals surface area contributed by atoms with E-state index in [1.54, 1.807) is 6.07 Å². The highest BCUT2D eigenvalue weighted by atomic mass is 16.6. The van der Waals surface area contributed by atoms with Gasteiger partial charge in [-0.15, -0.1) is 0 Å². The highest BCUT2D eigenvalue weighted by Crippen LogP contribution is 2.43. The van der Waals surface area contributed by atoms with Gasteiger partial charge in [0.15, 0.2) is 11.5 Å². The van der Waals surface area contributed by atoms with Gasteiger partial charge in [-0.2, -0.15) is 0 Å². The summed E-state index contributed by atoms with van der Waals surface area (Å²) in [6.45, 7) is 8.58. The maximum Gasteiger partial charge on any atom is 0.311 e. The van der Waals surface area contributed by atoms with Crippen LogP contribution in [-0.4, -0.2) is 19.0 Å². The molecule has 0 saturated heterocycles. The molecule has 0 heterocycles. The Morgan fingerprint density at radius 3 is 1.83 bits per heavy atom. The number of methoxy groups -OCH3 is 1. The van der Waals surface area contributed by atoms with E-state index in [1.807, 2.05) is 18.2 Å². The summed E-state index contributed by atoms with van der Waals surface area (Å²) in [6.07, 6.45) is 11.4. The minimum absolute atomic E-state index is 0.253. The number of carbonyl (C=O) groups excluding carboxylic acids is 2. The van der Waals surface area contributed by atoms with Crippen LogP contribution in [0.4, 0.5) is 0 Å². The zero-order valence-electron chi connectivity index (χ0n) is 22.4. The SMILES string of the molecule is CCCCCCCC(=O)Oc1cc(OC)c(OC(=O)CCCCCCC)c2ccc(C(C)C)cc12. The number of hydrogen-bond acceptors (Lipinski definition) is 5. The van der Waals surface area contributed by atoms with Crippen LogP contribution in [0.15, 0.2) is 24.3 Å². The van der Waals surface area contributed by atoms with Gasteiger partial charge in [-0.25, -0.2) is 0 Å². The first-order valence-corrected chi connectivity index (χ1v) is 13.5. The molecule has 2 aromatic rings. The van der Waals surface area contributed by atoms with E-state index in [0.717, 1.165) is 49.5 Å². The molecule has 0 amide bonds. The Labute approximate surface area is 211 Å². The highest BCUT2D eigenvalue weighted by Gasteiger charge is 2.20. The molecule has 0 aliphatic carbocycles. The Morgan fingerprint density at radius 1 is 0.714 bits per heavy atom. The Morgan fingerprint density at radius 2 is 1.29 bits per heavy atom. The Hall–Kier alpha value is -2.56. The maximum atomic E-state index is 12.6. The van der Waals surface area contributed by atoms with Crippen molar-refractivity contribution in [2.24, 2.45) is 0 Å². The van der Waals surface area contributed by atoms with Crippen molar-refractivity contribution in [1.82, 2.24) is 0 Å². The van der Waals surface area contributed by atoms with Crippen molar-refractivity contribution in [1.29, 1.82) is 0 Å². The van der Waals surface area contributed by atoms with E-state index in [4.69, 9.17) is 14.2 Å². The lowest BCUT2D eigenvalue weighted by molar-refractivity contribution is -0.135. The zero-order valence-corrected chi connectivity index (χ0v) is 22.4. The van der Waals surface area contributed by atoms with Gasteiger partial charge in [0, 0.05) is 29.7 Å². The van der Waals surface area contributed by atoms with Crippen molar-refractivity contribution in [3.8, 4) is 17.2 Å². The molecule has 0 aliphatic heterocycles. The highest BCUT2D eigenvalue weighted by molar-refractivity contribution is 5.98. The monoisotopic (exact) mass is 484 g/mol. The molecule has 5 heteroatoms. The Balaban J connectivity index is 2.27. The lowest BCUT2D eigenvalue weighted by Crippen LogP contribution is -2.11. The van der Waals surface area contributed by atoms with E-state index >= 15 is 0 Å². The largest absolute Gasteiger partial charge is 0.493 e. The number of benzene rings is 2. The quantitative estimate of drug-likeness (QED) is 0.136. The Kier molecular flexibility index (Phi) is 12.6. The number of unbranched alkanes of at least 4 members (excludes halogenated alkanes) is 8. The van der Waals surface area contributed by atoms with Gasteiger partial charge in [-0.05, 0) is 30.4 Å². The fourth-order valence-corrected chi connectivity index (χ4v) is 4.14. The molecule has 35 heavy (non-hydrogen) atoms. The topological polar surface area (TPSA) is 61.8 Å². The number of ether oxygens (including phenoxy) is 3. The molecule has 0 aliphatic rings. The van der Waals surface area contributed by atoms with Gasteiger partial charge in [0.25, 0.3) is 0 Å². The van der Waals surface area contributed by atoms with Crippen molar-refractivity contribution < 1.29 is 23.8 Å². The first kappa shape index (κ1) is 28.7. The first-order valence-electron chi connectivity index (χ1n) is 13.5. The van der Waals surface area contributed by atoms with Crippen LogP contribution in [0.5, 0.6) is 17.2 Å². The minimum Gasteiger partial charge on any atom is -0.493 e. The molecule has 0 saturated carbocycles. The summed E-state index contributed by atoms with van der Waals surface area (Å²) in [6, 6.07) is 7.64. The summed E-state index contributed by atoms with van der Waals surface area (Å²) >= 11 is 0. The summed E-state index contributed by atoms with van der Waals surface area (Å²) < 4.78 is 17.2. The molecule has 2 rings (SSSR count). The predicted octanol–water partition coefficient (Wildman–Crippen LogP) is 8.50. The molecule has 0 N–H and O–H groups in total. The van der Waals surface area contributed by atoms with E-state index < -0.39 is 0 Å².